The van der Waals surface area contributed by atoms with Crippen molar-refractivity contribution < 1.29 is 37.0 Å². The van der Waals surface area contributed by atoms with E-state index >= 15 is 0 Å². The molecule has 1 fully saturated rings. The number of sulfonamides is 1. The van der Waals surface area contributed by atoms with Crippen LogP contribution in [0.4, 0.5) is 5.69 Å². The fourth-order valence-electron chi connectivity index (χ4n) is 3.56. The Morgan fingerprint density at radius 3 is 2.44 bits per heavy atom. The van der Waals surface area contributed by atoms with Crippen LogP contribution in [-0.4, -0.2) is 70.2 Å². The van der Waals surface area contributed by atoms with Gasteiger partial charge in [-0.05, 0) is 43.7 Å². The Labute approximate surface area is 197 Å². The molecule has 10 nitrogen and oxygen atoms in total. The average Bonchev–Trinajstić information content (AvgIpc) is 2.84. The minimum atomic E-state index is -3.78. The number of nitrogens with zero attached hydrogens (tertiary/aromatic N) is 1. The summed E-state index contributed by atoms with van der Waals surface area (Å²) in [7, 11) is -3.78. The molecular formula is C23H26N2O8S. The van der Waals surface area contributed by atoms with Crippen LogP contribution in [0.5, 0.6) is 11.5 Å². The first-order valence-electron chi connectivity index (χ1n) is 10.9. The molecule has 0 bridgehead atoms. The van der Waals surface area contributed by atoms with Crippen molar-refractivity contribution in [1.29, 1.82) is 0 Å². The van der Waals surface area contributed by atoms with Gasteiger partial charge in [-0.3, -0.25) is 4.79 Å². The number of ether oxygens (including phenoxy) is 4. The molecule has 1 saturated heterocycles. The van der Waals surface area contributed by atoms with Crippen LogP contribution in [0.15, 0.2) is 41.3 Å². The molecule has 0 aromatic heterocycles. The summed E-state index contributed by atoms with van der Waals surface area (Å²) in [6.07, 6.45) is -1.13. The predicted octanol–water partition coefficient (Wildman–Crippen LogP) is 1.97. The monoisotopic (exact) mass is 490 g/mol. The van der Waals surface area contributed by atoms with Gasteiger partial charge in [-0.15, -0.1) is 0 Å². The lowest BCUT2D eigenvalue weighted by molar-refractivity contribution is -0.123. The van der Waals surface area contributed by atoms with E-state index in [2.05, 4.69) is 5.32 Å². The number of carbonyl (C=O) groups is 2. The number of morpholine rings is 1. The van der Waals surface area contributed by atoms with Crippen LogP contribution in [0.3, 0.4) is 0 Å². The normalized spacial score (nSPS) is 17.0. The third-order valence-electron chi connectivity index (χ3n) is 5.50. The maximum Gasteiger partial charge on any atom is 0.339 e. The zero-order chi connectivity index (χ0) is 24.3. The molecule has 182 valence electrons. The molecule has 1 unspecified atom stereocenters. The Balaban J connectivity index is 1.44. The second-order valence-electron chi connectivity index (χ2n) is 7.89. The topological polar surface area (TPSA) is 120 Å². The van der Waals surface area contributed by atoms with Gasteiger partial charge in [0.2, 0.25) is 10.0 Å². The van der Waals surface area contributed by atoms with Gasteiger partial charge in [0, 0.05) is 24.8 Å². The molecule has 0 aliphatic carbocycles. The number of anilines is 1. The summed E-state index contributed by atoms with van der Waals surface area (Å²) in [5, 5.41) is 2.68. The third-order valence-corrected chi connectivity index (χ3v) is 7.39. The molecule has 2 aliphatic heterocycles. The van der Waals surface area contributed by atoms with Crippen LogP contribution in [0.2, 0.25) is 0 Å². The number of hydrogen-bond donors (Lipinski definition) is 1. The molecule has 2 aromatic carbocycles. The fourth-order valence-corrected chi connectivity index (χ4v) is 4.99. The van der Waals surface area contributed by atoms with Gasteiger partial charge in [0.25, 0.3) is 5.91 Å². The highest BCUT2D eigenvalue weighted by atomic mass is 32.2. The third kappa shape index (κ3) is 5.16. The van der Waals surface area contributed by atoms with Crippen molar-refractivity contribution in [1.82, 2.24) is 4.31 Å². The van der Waals surface area contributed by atoms with Crippen molar-refractivity contribution in [2.75, 3.05) is 44.8 Å². The van der Waals surface area contributed by atoms with Crippen LogP contribution in [0.25, 0.3) is 0 Å². The minimum absolute atomic E-state index is 0.0136. The fraction of sp³-hybridized carbons (Fsp3) is 0.391. The van der Waals surface area contributed by atoms with E-state index in [1.807, 2.05) is 0 Å². The molecule has 0 radical (unpaired) electrons. The van der Waals surface area contributed by atoms with Crippen LogP contribution in [0, 0.1) is 6.92 Å². The number of esters is 1. The number of hydrogen-bond acceptors (Lipinski definition) is 8. The minimum Gasteiger partial charge on any atom is -0.486 e. The molecule has 4 rings (SSSR count). The van der Waals surface area contributed by atoms with Crippen molar-refractivity contribution in [3.63, 3.8) is 0 Å². The zero-order valence-electron chi connectivity index (χ0n) is 18.9. The molecule has 1 N–H and O–H groups in total. The van der Waals surface area contributed by atoms with Crippen molar-refractivity contribution >= 4 is 27.6 Å². The Kier molecular flexibility index (Phi) is 7.05. The summed E-state index contributed by atoms with van der Waals surface area (Å²) in [6, 6.07) is 9.26. The number of benzene rings is 2. The SMILES string of the molecule is Cc1ccc(S(=O)(=O)N2CCOCC2)cc1C(=O)OC(C)C(=O)Nc1ccc2c(c1)OCCO2. The first kappa shape index (κ1) is 24.0. The van der Waals surface area contributed by atoms with E-state index in [9.17, 15) is 18.0 Å². The Hall–Kier alpha value is -3.15. The maximum absolute atomic E-state index is 12.9. The number of rotatable bonds is 6. The molecule has 2 aliphatic rings. The highest BCUT2D eigenvalue weighted by molar-refractivity contribution is 7.89. The van der Waals surface area contributed by atoms with E-state index in [1.54, 1.807) is 31.2 Å². The molecular weight excluding hydrogens is 464 g/mol. The lowest BCUT2D eigenvalue weighted by Gasteiger charge is -2.26. The summed E-state index contributed by atoms with van der Waals surface area (Å²) in [4.78, 5) is 25.4. The molecule has 11 heteroatoms. The molecule has 1 amide bonds. The number of nitrogens with one attached hydrogen (secondary N) is 1. The van der Waals surface area contributed by atoms with E-state index in [1.165, 1.54) is 23.4 Å². The lowest BCUT2D eigenvalue weighted by Crippen LogP contribution is -2.40. The van der Waals surface area contributed by atoms with Gasteiger partial charge in [-0.25, -0.2) is 13.2 Å². The Morgan fingerprint density at radius 1 is 1.00 bits per heavy atom. The van der Waals surface area contributed by atoms with Gasteiger partial charge < -0.3 is 24.3 Å². The Bertz CT molecular complexity index is 1190. The average molecular weight is 491 g/mol. The second-order valence-corrected chi connectivity index (χ2v) is 9.83. The van der Waals surface area contributed by atoms with E-state index < -0.39 is 28.0 Å². The van der Waals surface area contributed by atoms with Crippen LogP contribution >= 0.6 is 0 Å². The van der Waals surface area contributed by atoms with Gasteiger partial charge in [-0.1, -0.05) is 6.07 Å². The van der Waals surface area contributed by atoms with Crippen LogP contribution in [0.1, 0.15) is 22.8 Å². The molecule has 2 heterocycles. The van der Waals surface area contributed by atoms with Gasteiger partial charge in [0.05, 0.1) is 23.7 Å². The number of aryl methyl sites for hydroxylation is 1. The molecule has 2 aromatic rings. The maximum atomic E-state index is 12.9. The largest absolute Gasteiger partial charge is 0.486 e. The Morgan fingerprint density at radius 2 is 1.71 bits per heavy atom. The quantitative estimate of drug-likeness (QED) is 0.611. The van der Waals surface area contributed by atoms with Gasteiger partial charge in [0.1, 0.15) is 13.2 Å². The molecule has 1 atom stereocenters. The van der Waals surface area contributed by atoms with Gasteiger partial charge >= 0.3 is 5.97 Å². The molecule has 34 heavy (non-hydrogen) atoms. The van der Waals surface area contributed by atoms with Crippen LogP contribution in [-0.2, 0) is 24.3 Å². The van der Waals surface area contributed by atoms with E-state index in [0.717, 1.165) is 0 Å². The highest BCUT2D eigenvalue weighted by Gasteiger charge is 2.28. The van der Waals surface area contributed by atoms with E-state index in [-0.39, 0.29) is 23.5 Å². The number of amides is 1. The zero-order valence-corrected chi connectivity index (χ0v) is 19.7. The smallest absolute Gasteiger partial charge is 0.339 e. The van der Waals surface area contributed by atoms with Crippen molar-refractivity contribution in [3.05, 3.63) is 47.5 Å². The molecule has 0 spiro atoms. The summed E-state index contributed by atoms with van der Waals surface area (Å²) >= 11 is 0. The van der Waals surface area contributed by atoms with Crippen molar-refractivity contribution in [2.45, 2.75) is 24.8 Å². The first-order chi connectivity index (χ1) is 16.3. The summed E-state index contributed by atoms with van der Waals surface area (Å²) in [5.41, 5.74) is 1.07. The second kappa shape index (κ2) is 10.00. The number of fused-ring (bicyclic) bond motifs is 1. The van der Waals surface area contributed by atoms with Crippen molar-refractivity contribution in [3.8, 4) is 11.5 Å². The van der Waals surface area contributed by atoms with Crippen LogP contribution < -0.4 is 14.8 Å². The summed E-state index contributed by atoms with van der Waals surface area (Å²) in [6.45, 7) is 5.10. The van der Waals surface area contributed by atoms with Gasteiger partial charge in [0.15, 0.2) is 17.6 Å². The van der Waals surface area contributed by atoms with E-state index in [0.29, 0.717) is 49.2 Å². The summed E-state index contributed by atoms with van der Waals surface area (Å²) < 4.78 is 48.7. The van der Waals surface area contributed by atoms with Gasteiger partial charge in [-0.2, -0.15) is 4.31 Å². The number of carbonyl (C=O) groups excluding carboxylic acids is 2. The highest BCUT2D eigenvalue weighted by Crippen LogP contribution is 2.32. The summed E-state index contributed by atoms with van der Waals surface area (Å²) in [5.74, 6) is -0.227. The predicted molar refractivity (Wildman–Crippen MR) is 122 cm³/mol. The van der Waals surface area contributed by atoms with Crippen molar-refractivity contribution in [2.24, 2.45) is 0 Å². The first-order valence-corrected chi connectivity index (χ1v) is 12.3. The standard InChI is InChI=1S/C23H26N2O8S/c1-15-3-5-18(34(28,29)25-7-9-30-10-8-25)14-19(15)23(27)33-16(2)22(26)24-17-4-6-20-21(13-17)32-12-11-31-20/h3-6,13-14,16H,7-12H2,1-2H3,(H,24,26). The molecule has 0 saturated carbocycles. The van der Waals surface area contributed by atoms with E-state index in [4.69, 9.17) is 18.9 Å². The lowest BCUT2D eigenvalue weighted by atomic mass is 10.1.